The van der Waals surface area contributed by atoms with Crippen LogP contribution in [-0.4, -0.2) is 16.9 Å². The van der Waals surface area contributed by atoms with Crippen molar-refractivity contribution in [2.45, 2.75) is 25.7 Å². The van der Waals surface area contributed by atoms with Gasteiger partial charge in [0.25, 0.3) is 0 Å². The monoisotopic (exact) mass is 271 g/mol. The van der Waals surface area contributed by atoms with Crippen molar-refractivity contribution in [1.82, 2.24) is 9.78 Å². The molecule has 0 amide bonds. The highest BCUT2D eigenvalue weighted by Crippen LogP contribution is 2.36. The fourth-order valence-corrected chi connectivity index (χ4v) is 2.80. The van der Waals surface area contributed by atoms with E-state index in [1.54, 1.807) is 11.8 Å². The first-order chi connectivity index (χ1) is 9.69. The van der Waals surface area contributed by atoms with Gasteiger partial charge in [-0.2, -0.15) is 5.10 Å². The summed E-state index contributed by atoms with van der Waals surface area (Å²) in [6.45, 7) is 0. The molecule has 0 atom stereocenters. The highest BCUT2D eigenvalue weighted by Gasteiger charge is 2.23. The van der Waals surface area contributed by atoms with Gasteiger partial charge in [0.2, 0.25) is 0 Å². The van der Waals surface area contributed by atoms with Gasteiger partial charge in [-0.3, -0.25) is 4.68 Å². The molecule has 0 saturated heterocycles. The molecule has 1 aromatic carbocycles. The number of nitrogens with two attached hydrogens (primary N) is 1. The highest BCUT2D eigenvalue weighted by molar-refractivity contribution is 5.77. The average Bonchev–Trinajstić information content (AvgIpc) is 2.69. The highest BCUT2D eigenvalue weighted by atomic mass is 16.5. The Bertz CT molecular complexity index is 614. The normalized spacial score (nSPS) is 15.1. The quantitative estimate of drug-likeness (QED) is 0.930. The van der Waals surface area contributed by atoms with E-state index in [4.69, 9.17) is 10.5 Å². The first-order valence-corrected chi connectivity index (χ1v) is 7.15. The van der Waals surface area contributed by atoms with E-state index in [1.165, 1.54) is 19.3 Å². The molecule has 1 heterocycles. The van der Waals surface area contributed by atoms with Gasteiger partial charge in [0.05, 0.1) is 12.8 Å². The minimum atomic E-state index is 0.729. The van der Waals surface area contributed by atoms with Crippen LogP contribution in [0, 0.1) is 5.92 Å². The van der Waals surface area contributed by atoms with Crippen LogP contribution in [-0.2, 0) is 13.5 Å². The largest absolute Gasteiger partial charge is 0.497 e. The fraction of sp³-hybridized carbons (Fsp3) is 0.438. The zero-order chi connectivity index (χ0) is 14.1. The summed E-state index contributed by atoms with van der Waals surface area (Å²) in [5, 5.41) is 4.61. The summed E-state index contributed by atoms with van der Waals surface area (Å²) in [4.78, 5) is 0. The van der Waals surface area contributed by atoms with Crippen LogP contribution >= 0.6 is 0 Å². The molecule has 0 aliphatic heterocycles. The number of nitrogens with zero attached hydrogens (tertiary/aromatic N) is 2. The van der Waals surface area contributed by atoms with E-state index in [1.807, 2.05) is 25.2 Å². The minimum Gasteiger partial charge on any atom is -0.497 e. The van der Waals surface area contributed by atoms with E-state index in [0.29, 0.717) is 0 Å². The third-order valence-electron chi connectivity index (χ3n) is 4.23. The van der Waals surface area contributed by atoms with Gasteiger partial charge in [-0.25, -0.2) is 0 Å². The number of aryl methyl sites for hydroxylation is 1. The number of ether oxygens (including phenoxy) is 1. The van der Waals surface area contributed by atoms with Gasteiger partial charge in [-0.1, -0.05) is 31.4 Å². The number of hydrogen-bond donors (Lipinski definition) is 1. The molecule has 4 nitrogen and oxygen atoms in total. The lowest BCUT2D eigenvalue weighted by Crippen LogP contribution is -2.14. The van der Waals surface area contributed by atoms with Crippen molar-refractivity contribution < 1.29 is 4.74 Å². The summed E-state index contributed by atoms with van der Waals surface area (Å²) in [6, 6.07) is 8.03. The Balaban J connectivity index is 2.01. The predicted molar refractivity (Wildman–Crippen MR) is 80.7 cm³/mol. The molecule has 106 valence electrons. The number of methoxy groups -OCH3 is 1. The second kappa shape index (κ2) is 5.19. The van der Waals surface area contributed by atoms with Crippen LogP contribution in [0.3, 0.4) is 0 Å². The summed E-state index contributed by atoms with van der Waals surface area (Å²) < 4.78 is 7.09. The Morgan fingerprint density at radius 2 is 2.20 bits per heavy atom. The summed E-state index contributed by atoms with van der Waals surface area (Å²) in [7, 11) is 3.59. The Labute approximate surface area is 119 Å². The molecular weight excluding hydrogens is 250 g/mol. The first kappa shape index (κ1) is 13.0. The zero-order valence-corrected chi connectivity index (χ0v) is 12.1. The van der Waals surface area contributed by atoms with Crippen LogP contribution in [0.15, 0.2) is 24.3 Å². The Hall–Kier alpha value is -1.97. The van der Waals surface area contributed by atoms with Gasteiger partial charge < -0.3 is 10.5 Å². The van der Waals surface area contributed by atoms with Gasteiger partial charge in [0.1, 0.15) is 11.6 Å². The molecule has 0 spiro atoms. The molecular formula is C16H21N3O. The Morgan fingerprint density at radius 1 is 1.40 bits per heavy atom. The summed E-state index contributed by atoms with van der Waals surface area (Å²) in [5.74, 6) is 2.35. The van der Waals surface area contributed by atoms with Crippen LogP contribution in [0.1, 0.15) is 25.0 Å². The van der Waals surface area contributed by atoms with Crippen molar-refractivity contribution >= 4 is 5.82 Å². The Morgan fingerprint density at radius 3 is 2.85 bits per heavy atom. The van der Waals surface area contributed by atoms with E-state index in [0.717, 1.165) is 40.7 Å². The van der Waals surface area contributed by atoms with Crippen LogP contribution in [0.4, 0.5) is 5.82 Å². The number of rotatable bonds is 4. The number of benzene rings is 1. The van der Waals surface area contributed by atoms with Gasteiger partial charge in [0, 0.05) is 12.6 Å². The van der Waals surface area contributed by atoms with E-state index in [2.05, 4.69) is 11.2 Å². The average molecular weight is 271 g/mol. The maximum atomic E-state index is 6.22. The van der Waals surface area contributed by atoms with Crippen LogP contribution in [0.2, 0.25) is 0 Å². The van der Waals surface area contributed by atoms with Crippen molar-refractivity contribution in [3.8, 4) is 16.9 Å². The third-order valence-corrected chi connectivity index (χ3v) is 4.23. The van der Waals surface area contributed by atoms with Crippen molar-refractivity contribution in [3.63, 3.8) is 0 Å². The van der Waals surface area contributed by atoms with Crippen LogP contribution in [0.5, 0.6) is 5.75 Å². The molecule has 1 saturated carbocycles. The van der Waals surface area contributed by atoms with Gasteiger partial charge >= 0.3 is 0 Å². The molecule has 2 N–H and O–H groups in total. The molecule has 3 rings (SSSR count). The maximum absolute atomic E-state index is 6.22. The lowest BCUT2D eigenvalue weighted by molar-refractivity contribution is 0.311. The molecule has 2 aromatic rings. The Kier molecular flexibility index (Phi) is 3.38. The number of hydrogen-bond acceptors (Lipinski definition) is 3. The molecule has 1 aromatic heterocycles. The topological polar surface area (TPSA) is 53.1 Å². The first-order valence-electron chi connectivity index (χ1n) is 7.15. The maximum Gasteiger partial charge on any atom is 0.129 e. The summed E-state index contributed by atoms with van der Waals surface area (Å²) in [6.07, 6.45) is 5.00. The van der Waals surface area contributed by atoms with Crippen molar-refractivity contribution in [3.05, 3.63) is 30.0 Å². The molecule has 0 unspecified atom stereocenters. The molecule has 20 heavy (non-hydrogen) atoms. The molecule has 1 aliphatic rings. The van der Waals surface area contributed by atoms with E-state index in [9.17, 15) is 0 Å². The second-order valence-corrected chi connectivity index (χ2v) is 5.56. The van der Waals surface area contributed by atoms with Gasteiger partial charge in [-0.05, 0) is 30.0 Å². The fourth-order valence-electron chi connectivity index (χ4n) is 2.80. The molecule has 0 radical (unpaired) electrons. The predicted octanol–water partition coefficient (Wildman–Crippen LogP) is 3.02. The zero-order valence-electron chi connectivity index (χ0n) is 12.1. The third kappa shape index (κ3) is 2.26. The van der Waals surface area contributed by atoms with E-state index in [-0.39, 0.29) is 0 Å². The summed E-state index contributed by atoms with van der Waals surface area (Å²) >= 11 is 0. The minimum absolute atomic E-state index is 0.729. The number of anilines is 1. The van der Waals surface area contributed by atoms with Gasteiger partial charge in [0.15, 0.2) is 0 Å². The van der Waals surface area contributed by atoms with Crippen LogP contribution in [0.25, 0.3) is 11.1 Å². The van der Waals surface area contributed by atoms with Crippen molar-refractivity contribution in [1.29, 1.82) is 0 Å². The van der Waals surface area contributed by atoms with E-state index < -0.39 is 0 Å². The smallest absolute Gasteiger partial charge is 0.129 e. The second-order valence-electron chi connectivity index (χ2n) is 5.56. The lowest BCUT2D eigenvalue weighted by atomic mass is 9.81. The molecule has 0 bridgehead atoms. The lowest BCUT2D eigenvalue weighted by Gasteiger charge is -2.24. The van der Waals surface area contributed by atoms with Crippen molar-refractivity contribution in [2.75, 3.05) is 12.8 Å². The van der Waals surface area contributed by atoms with Crippen LogP contribution < -0.4 is 10.5 Å². The molecule has 1 fully saturated rings. The SMILES string of the molecule is COc1cccc(-c2c(CC3CCC3)nn(C)c2N)c1. The summed E-state index contributed by atoms with van der Waals surface area (Å²) in [5.41, 5.74) is 9.49. The van der Waals surface area contributed by atoms with Gasteiger partial charge in [-0.15, -0.1) is 0 Å². The van der Waals surface area contributed by atoms with E-state index >= 15 is 0 Å². The number of aromatic nitrogens is 2. The number of nitrogen functional groups attached to an aromatic ring is 1. The standard InChI is InChI=1S/C16H21N3O/c1-19-16(17)15(12-7-4-8-13(10-12)20-2)14(18-19)9-11-5-3-6-11/h4,7-8,10-11H,3,5-6,9,17H2,1-2H3. The molecule has 4 heteroatoms. The van der Waals surface area contributed by atoms with Crippen molar-refractivity contribution in [2.24, 2.45) is 13.0 Å². The molecule has 1 aliphatic carbocycles.